The molecule has 0 fully saturated rings. The minimum absolute atomic E-state index is 0.0309. The van der Waals surface area contributed by atoms with Gasteiger partial charge >= 0.3 is 0 Å². The molecule has 0 bridgehead atoms. The molecule has 0 atom stereocenters. The maximum atomic E-state index is 13.7. The Balaban J connectivity index is 1.98. The normalized spacial score (nSPS) is 11.5. The summed E-state index contributed by atoms with van der Waals surface area (Å²) in [5.74, 6) is -1.23. The van der Waals surface area contributed by atoms with Crippen molar-refractivity contribution < 1.29 is 26.8 Å². The third kappa shape index (κ3) is 3.93. The third-order valence-corrected chi connectivity index (χ3v) is 7.17. The van der Waals surface area contributed by atoms with Crippen LogP contribution in [0, 0.1) is 19.7 Å². The van der Waals surface area contributed by atoms with Crippen LogP contribution in [0.15, 0.2) is 76.0 Å². The summed E-state index contributed by atoms with van der Waals surface area (Å²) < 4.78 is 47.4. The van der Waals surface area contributed by atoms with Gasteiger partial charge < -0.3 is 4.42 Å². The highest BCUT2D eigenvalue weighted by Gasteiger charge is 2.33. The second-order valence-corrected chi connectivity index (χ2v) is 9.38. The van der Waals surface area contributed by atoms with Crippen LogP contribution in [0.3, 0.4) is 0 Å². The largest absolute Gasteiger partial charge is 0.461 e. The minimum atomic E-state index is -4.44. The monoisotopic (exact) mass is 465 g/mol. The third-order valence-electron chi connectivity index (χ3n) is 5.29. The zero-order valence-electron chi connectivity index (χ0n) is 18.1. The first kappa shape index (κ1) is 22.4. The lowest BCUT2D eigenvalue weighted by atomic mass is 10.1. The second kappa shape index (κ2) is 8.29. The van der Waals surface area contributed by atoms with Crippen molar-refractivity contribution in [3.05, 3.63) is 95.0 Å². The van der Waals surface area contributed by atoms with Crippen molar-refractivity contribution in [2.24, 2.45) is 0 Å². The van der Waals surface area contributed by atoms with E-state index in [0.717, 1.165) is 18.2 Å². The maximum Gasteiger partial charge on any atom is 0.272 e. The number of benzene rings is 3. The fraction of sp³-hybridized carbons (Fsp3) is 0.120. The van der Waals surface area contributed by atoms with E-state index in [1.807, 2.05) is 0 Å². The number of hydrogen-bond acceptors (Lipinski definition) is 5. The number of halogens is 1. The van der Waals surface area contributed by atoms with E-state index in [-0.39, 0.29) is 27.5 Å². The lowest BCUT2D eigenvalue weighted by Crippen LogP contribution is -2.37. The quantitative estimate of drug-likeness (QED) is 0.367. The van der Waals surface area contributed by atoms with Gasteiger partial charge in [0.05, 0.1) is 16.1 Å². The molecule has 6 nitrogen and oxygen atoms in total. The average Bonchev–Trinajstić information content (AvgIpc) is 3.09. The molecule has 1 heterocycles. The Hall–Kier alpha value is -3.78. The number of Topliss-reactive ketones (excluding diaryl/α,β-unsaturated/α-hetero) is 1. The van der Waals surface area contributed by atoms with Crippen LogP contribution in [0.25, 0.3) is 11.0 Å². The fourth-order valence-electron chi connectivity index (χ4n) is 3.84. The van der Waals surface area contributed by atoms with Crippen molar-refractivity contribution in [1.82, 2.24) is 0 Å². The van der Waals surface area contributed by atoms with Gasteiger partial charge in [0.1, 0.15) is 17.2 Å². The molecule has 0 radical (unpaired) electrons. The van der Waals surface area contributed by atoms with Crippen LogP contribution in [-0.4, -0.2) is 20.1 Å². The first-order valence-corrected chi connectivity index (χ1v) is 11.5. The number of rotatable bonds is 5. The van der Waals surface area contributed by atoms with Crippen LogP contribution >= 0.6 is 0 Å². The van der Waals surface area contributed by atoms with Crippen LogP contribution in [0.4, 0.5) is 10.1 Å². The molecule has 1 amide bonds. The molecule has 33 heavy (non-hydrogen) atoms. The number of furan rings is 1. The first-order valence-electron chi connectivity index (χ1n) is 10.1. The van der Waals surface area contributed by atoms with Gasteiger partial charge in [0, 0.05) is 10.9 Å². The van der Waals surface area contributed by atoms with Crippen LogP contribution in [0.5, 0.6) is 0 Å². The molecule has 0 unspecified atom stereocenters. The molecular formula is C25H20FNO5S. The molecule has 0 aliphatic carbocycles. The smallest absolute Gasteiger partial charge is 0.272 e. The number of fused-ring (bicyclic) bond motifs is 1. The summed E-state index contributed by atoms with van der Waals surface area (Å²) in [6, 6.07) is 15.6. The molecule has 0 N–H and O–H groups in total. The highest BCUT2D eigenvalue weighted by Crippen LogP contribution is 2.34. The highest BCUT2D eigenvalue weighted by molar-refractivity contribution is 7.93. The molecule has 3 aromatic carbocycles. The van der Waals surface area contributed by atoms with Crippen molar-refractivity contribution >= 4 is 38.4 Å². The molecule has 1 aromatic heterocycles. The predicted octanol–water partition coefficient (Wildman–Crippen LogP) is 5.43. The molecule has 0 aliphatic heterocycles. The maximum absolute atomic E-state index is 13.7. The number of hydrogen-bond donors (Lipinski definition) is 0. The molecule has 0 aliphatic rings. The van der Waals surface area contributed by atoms with Gasteiger partial charge in [0.2, 0.25) is 0 Å². The topological polar surface area (TPSA) is 84.7 Å². The summed E-state index contributed by atoms with van der Waals surface area (Å²) in [7, 11) is -4.44. The Morgan fingerprint density at radius 1 is 0.939 bits per heavy atom. The van der Waals surface area contributed by atoms with Gasteiger partial charge in [0.25, 0.3) is 15.9 Å². The number of nitrogens with zero attached hydrogens (tertiary/aromatic N) is 1. The van der Waals surface area contributed by atoms with E-state index in [0.29, 0.717) is 26.6 Å². The van der Waals surface area contributed by atoms with E-state index >= 15 is 0 Å². The van der Waals surface area contributed by atoms with E-state index in [1.54, 1.807) is 25.1 Å². The molecular weight excluding hydrogens is 445 g/mol. The van der Waals surface area contributed by atoms with Gasteiger partial charge in [-0.15, -0.1) is 0 Å². The summed E-state index contributed by atoms with van der Waals surface area (Å²) in [4.78, 5) is 25.5. The molecule has 0 spiro atoms. The first-order chi connectivity index (χ1) is 15.6. The summed E-state index contributed by atoms with van der Waals surface area (Å²) in [6.45, 7) is 4.48. The zero-order chi connectivity index (χ0) is 23.9. The van der Waals surface area contributed by atoms with Crippen LogP contribution in [-0.2, 0) is 10.0 Å². The average molecular weight is 466 g/mol. The number of carbonyl (C=O) groups excluding carboxylic acids is 2. The summed E-state index contributed by atoms with van der Waals surface area (Å²) >= 11 is 0. The highest BCUT2D eigenvalue weighted by atomic mass is 32.2. The Kier molecular flexibility index (Phi) is 5.63. The van der Waals surface area contributed by atoms with E-state index in [4.69, 9.17) is 4.42 Å². The Bertz CT molecular complexity index is 1510. The lowest BCUT2D eigenvalue weighted by molar-refractivity contribution is 0.1000. The van der Waals surface area contributed by atoms with E-state index in [9.17, 15) is 22.4 Å². The molecule has 168 valence electrons. The number of anilines is 1. The predicted molar refractivity (Wildman–Crippen MR) is 123 cm³/mol. The molecule has 4 rings (SSSR count). The SMILES string of the molecule is CC(=O)c1c(C)oc2ccc(N(C(=O)c3ccccc3)S(=O)(=O)c3ccc(F)cc3C)cc12. The summed E-state index contributed by atoms with van der Waals surface area (Å²) in [5.41, 5.74) is 1.04. The summed E-state index contributed by atoms with van der Waals surface area (Å²) in [5, 5.41) is 0.398. The number of ketones is 1. The Morgan fingerprint density at radius 2 is 1.64 bits per heavy atom. The summed E-state index contributed by atoms with van der Waals surface area (Å²) in [6.07, 6.45) is 0. The zero-order valence-corrected chi connectivity index (χ0v) is 18.9. The van der Waals surface area contributed by atoms with Gasteiger partial charge in [-0.25, -0.2) is 12.8 Å². The molecule has 8 heteroatoms. The van der Waals surface area contributed by atoms with Crippen LogP contribution < -0.4 is 4.31 Å². The molecule has 0 saturated heterocycles. The standard InChI is InChI=1S/C25H20FNO5S/c1-15-13-19(26)9-12-23(15)33(30,31)27(25(29)18-7-5-4-6-8-18)20-10-11-22-21(14-20)24(16(2)28)17(3)32-22/h4-14H,1-3H3. The van der Waals surface area contributed by atoms with E-state index in [2.05, 4.69) is 0 Å². The number of carbonyl (C=O) groups is 2. The van der Waals surface area contributed by atoms with Gasteiger partial charge in [0.15, 0.2) is 5.78 Å². The van der Waals surface area contributed by atoms with Gasteiger partial charge in [-0.3, -0.25) is 9.59 Å². The fourth-order valence-corrected chi connectivity index (χ4v) is 5.45. The van der Waals surface area contributed by atoms with Gasteiger partial charge in [-0.2, -0.15) is 4.31 Å². The van der Waals surface area contributed by atoms with Crippen molar-refractivity contribution in [3.63, 3.8) is 0 Å². The van der Waals surface area contributed by atoms with Gasteiger partial charge in [-0.1, -0.05) is 18.2 Å². The van der Waals surface area contributed by atoms with Crippen molar-refractivity contribution in [2.45, 2.75) is 25.7 Å². The molecule has 4 aromatic rings. The van der Waals surface area contributed by atoms with E-state index in [1.165, 1.54) is 44.2 Å². The van der Waals surface area contributed by atoms with Crippen molar-refractivity contribution in [2.75, 3.05) is 4.31 Å². The Morgan fingerprint density at radius 3 is 2.27 bits per heavy atom. The van der Waals surface area contributed by atoms with Gasteiger partial charge in [-0.05, 0) is 74.9 Å². The van der Waals surface area contributed by atoms with Crippen LogP contribution in [0.1, 0.15) is 39.0 Å². The lowest BCUT2D eigenvalue weighted by Gasteiger charge is -2.24. The minimum Gasteiger partial charge on any atom is -0.461 e. The number of amides is 1. The molecule has 0 saturated carbocycles. The Labute approximate surface area is 190 Å². The van der Waals surface area contributed by atoms with Crippen molar-refractivity contribution in [1.29, 1.82) is 0 Å². The second-order valence-electron chi connectivity index (χ2n) is 7.62. The van der Waals surface area contributed by atoms with Crippen molar-refractivity contribution in [3.8, 4) is 0 Å². The van der Waals surface area contributed by atoms with E-state index < -0.39 is 21.7 Å². The number of sulfonamides is 1. The number of aryl methyl sites for hydroxylation is 2. The van der Waals surface area contributed by atoms with Crippen LogP contribution in [0.2, 0.25) is 0 Å².